The summed E-state index contributed by atoms with van der Waals surface area (Å²) in [6.07, 6.45) is -0.575. The second-order valence-electron chi connectivity index (χ2n) is 7.92. The lowest BCUT2D eigenvalue weighted by molar-refractivity contribution is -0.175. The Bertz CT molecular complexity index is 1190. The quantitative estimate of drug-likeness (QED) is 0.406. The second kappa shape index (κ2) is 9.02. The molecule has 2 aromatic heterocycles. The Morgan fingerprint density at radius 1 is 1.22 bits per heavy atom. The molecule has 4 rings (SSSR count). The largest absolute Gasteiger partial charge is 0.392 e. The lowest BCUT2D eigenvalue weighted by atomic mass is 9.85. The number of rotatable bonds is 4. The Morgan fingerprint density at radius 2 is 2.00 bits per heavy atom. The molecule has 2 atom stereocenters. The standard InChI is InChI=1S/C24H21BrF3N3O/c1-14(20-6-3-7-21(25)31-20)30-23(32)17-12-16-4-2-5-19(22(16)29-13-17)15-8-10-18(11-9-15)24(26,27)28/h2-8,12-14,18H,9-11H2,1H3,(H,30,32)/t14-,18?/m0/s1. The van der Waals surface area contributed by atoms with Crippen LogP contribution in [0.2, 0.25) is 0 Å². The number of fused-ring (bicyclic) bond motifs is 1. The van der Waals surface area contributed by atoms with Gasteiger partial charge in [-0.15, -0.1) is 0 Å². The molecule has 0 spiro atoms. The molecule has 3 aromatic rings. The number of halogens is 4. The summed E-state index contributed by atoms with van der Waals surface area (Å²) < 4.78 is 39.6. The van der Waals surface area contributed by atoms with Gasteiger partial charge in [-0.25, -0.2) is 4.98 Å². The van der Waals surface area contributed by atoms with E-state index in [1.54, 1.807) is 12.1 Å². The van der Waals surface area contributed by atoms with E-state index >= 15 is 0 Å². The first-order chi connectivity index (χ1) is 15.2. The Labute approximate surface area is 192 Å². The van der Waals surface area contributed by atoms with Crippen molar-refractivity contribution in [1.82, 2.24) is 15.3 Å². The number of pyridine rings is 2. The average Bonchev–Trinajstić information content (AvgIpc) is 2.77. The molecular formula is C24H21BrF3N3O. The lowest BCUT2D eigenvalue weighted by Gasteiger charge is -2.24. The highest BCUT2D eigenvalue weighted by molar-refractivity contribution is 9.10. The molecule has 0 saturated heterocycles. The fraction of sp³-hybridized carbons (Fsp3) is 0.292. The molecule has 1 unspecified atom stereocenters. The third-order valence-corrected chi connectivity index (χ3v) is 6.16. The lowest BCUT2D eigenvalue weighted by Crippen LogP contribution is -2.27. The normalized spacial score (nSPS) is 17.7. The number of carbonyl (C=O) groups excluding carboxylic acids is 1. The molecule has 1 aliphatic carbocycles. The maximum absolute atomic E-state index is 13.0. The maximum Gasteiger partial charge on any atom is 0.392 e. The van der Waals surface area contributed by atoms with Crippen molar-refractivity contribution in [2.24, 2.45) is 5.92 Å². The molecule has 1 N–H and O–H groups in total. The van der Waals surface area contributed by atoms with Gasteiger partial charge in [0, 0.05) is 17.1 Å². The summed E-state index contributed by atoms with van der Waals surface area (Å²) in [5.41, 5.74) is 3.51. The smallest absolute Gasteiger partial charge is 0.344 e. The van der Waals surface area contributed by atoms with E-state index < -0.39 is 12.1 Å². The van der Waals surface area contributed by atoms with Crippen LogP contribution >= 0.6 is 15.9 Å². The van der Waals surface area contributed by atoms with Gasteiger partial charge < -0.3 is 5.32 Å². The van der Waals surface area contributed by atoms with Gasteiger partial charge in [0.1, 0.15) is 4.60 Å². The van der Waals surface area contributed by atoms with Crippen molar-refractivity contribution < 1.29 is 18.0 Å². The van der Waals surface area contributed by atoms with E-state index in [-0.39, 0.29) is 24.8 Å². The van der Waals surface area contributed by atoms with Crippen molar-refractivity contribution in [2.45, 2.75) is 38.4 Å². The number of hydrogen-bond acceptors (Lipinski definition) is 3. The van der Waals surface area contributed by atoms with Gasteiger partial charge in [-0.3, -0.25) is 9.78 Å². The van der Waals surface area contributed by atoms with Crippen LogP contribution in [0.25, 0.3) is 16.5 Å². The molecule has 0 saturated carbocycles. The highest BCUT2D eigenvalue weighted by Crippen LogP contribution is 2.40. The minimum atomic E-state index is -4.16. The van der Waals surface area contributed by atoms with Crippen LogP contribution < -0.4 is 5.32 Å². The summed E-state index contributed by atoms with van der Waals surface area (Å²) in [5.74, 6) is -1.56. The Morgan fingerprint density at radius 3 is 2.69 bits per heavy atom. The summed E-state index contributed by atoms with van der Waals surface area (Å²) >= 11 is 3.33. The number of para-hydroxylation sites is 1. The van der Waals surface area contributed by atoms with Gasteiger partial charge in [0.2, 0.25) is 0 Å². The van der Waals surface area contributed by atoms with Gasteiger partial charge in [0.25, 0.3) is 5.91 Å². The number of nitrogens with one attached hydrogen (secondary N) is 1. The summed E-state index contributed by atoms with van der Waals surface area (Å²) in [6.45, 7) is 1.85. The van der Waals surface area contributed by atoms with Crippen molar-refractivity contribution in [2.75, 3.05) is 0 Å². The number of benzene rings is 1. The topological polar surface area (TPSA) is 54.9 Å². The number of allylic oxidation sites excluding steroid dienone is 2. The van der Waals surface area contributed by atoms with Gasteiger partial charge in [-0.1, -0.05) is 30.3 Å². The van der Waals surface area contributed by atoms with Crippen molar-refractivity contribution >= 4 is 38.3 Å². The van der Waals surface area contributed by atoms with Gasteiger partial charge in [0.15, 0.2) is 0 Å². The van der Waals surface area contributed by atoms with E-state index in [4.69, 9.17) is 0 Å². The predicted octanol–water partition coefficient (Wildman–Crippen LogP) is 6.63. The van der Waals surface area contributed by atoms with Crippen LogP contribution in [0.5, 0.6) is 0 Å². The summed E-state index contributed by atoms with van der Waals surface area (Å²) in [4.78, 5) is 21.6. The number of carbonyl (C=O) groups is 1. The Kier molecular flexibility index (Phi) is 6.33. The number of hydrogen-bond donors (Lipinski definition) is 1. The van der Waals surface area contributed by atoms with E-state index in [2.05, 4.69) is 31.2 Å². The minimum Gasteiger partial charge on any atom is -0.344 e. The van der Waals surface area contributed by atoms with Gasteiger partial charge >= 0.3 is 6.18 Å². The zero-order valence-electron chi connectivity index (χ0n) is 17.3. The molecule has 0 aliphatic heterocycles. The zero-order valence-corrected chi connectivity index (χ0v) is 18.9. The molecule has 0 bridgehead atoms. The van der Waals surface area contributed by atoms with E-state index in [0.717, 1.165) is 22.2 Å². The first kappa shape index (κ1) is 22.5. The highest BCUT2D eigenvalue weighted by Gasteiger charge is 2.39. The molecule has 1 aliphatic rings. The van der Waals surface area contributed by atoms with E-state index in [1.807, 2.05) is 43.3 Å². The number of alkyl halides is 3. The van der Waals surface area contributed by atoms with Gasteiger partial charge in [-0.05, 0) is 65.9 Å². The third-order valence-electron chi connectivity index (χ3n) is 5.72. The van der Waals surface area contributed by atoms with Crippen LogP contribution in [0.15, 0.2) is 59.3 Å². The second-order valence-corrected chi connectivity index (χ2v) is 8.74. The fourth-order valence-electron chi connectivity index (χ4n) is 3.94. The summed E-state index contributed by atoms with van der Waals surface area (Å²) in [5, 5.41) is 3.69. The van der Waals surface area contributed by atoms with Gasteiger partial charge in [-0.2, -0.15) is 13.2 Å². The molecule has 2 heterocycles. The van der Waals surface area contributed by atoms with E-state index in [0.29, 0.717) is 22.1 Å². The molecule has 32 heavy (non-hydrogen) atoms. The summed E-state index contributed by atoms with van der Waals surface area (Å²) in [7, 11) is 0. The molecular weight excluding hydrogens is 483 g/mol. The molecule has 8 heteroatoms. The van der Waals surface area contributed by atoms with Crippen LogP contribution in [0, 0.1) is 5.92 Å². The monoisotopic (exact) mass is 503 g/mol. The number of nitrogens with zero attached hydrogens (tertiary/aromatic N) is 2. The van der Waals surface area contributed by atoms with Crippen molar-refractivity contribution in [3.8, 4) is 0 Å². The SMILES string of the molecule is C[C@H](NC(=O)c1cnc2c(C3=CCC(C(F)(F)F)CC3)cccc2c1)c1cccc(Br)n1. The predicted molar refractivity (Wildman–Crippen MR) is 121 cm³/mol. The maximum atomic E-state index is 13.0. The molecule has 166 valence electrons. The van der Waals surface area contributed by atoms with Crippen LogP contribution in [0.1, 0.15) is 53.8 Å². The third kappa shape index (κ3) is 4.85. The molecule has 1 amide bonds. The van der Waals surface area contributed by atoms with Crippen molar-refractivity contribution in [1.29, 1.82) is 0 Å². The van der Waals surface area contributed by atoms with Crippen LogP contribution in [0.3, 0.4) is 0 Å². The number of amides is 1. The van der Waals surface area contributed by atoms with Crippen LogP contribution in [-0.4, -0.2) is 22.1 Å². The van der Waals surface area contributed by atoms with Crippen LogP contribution in [-0.2, 0) is 0 Å². The fourth-order valence-corrected chi connectivity index (χ4v) is 4.30. The van der Waals surface area contributed by atoms with Crippen molar-refractivity contribution in [3.63, 3.8) is 0 Å². The van der Waals surface area contributed by atoms with Gasteiger partial charge in [0.05, 0.1) is 28.7 Å². The Balaban J connectivity index is 1.55. The molecule has 0 radical (unpaired) electrons. The van der Waals surface area contributed by atoms with E-state index in [1.165, 1.54) is 6.20 Å². The first-order valence-corrected chi connectivity index (χ1v) is 11.1. The molecule has 4 nitrogen and oxygen atoms in total. The Hall–Kier alpha value is -2.74. The first-order valence-electron chi connectivity index (χ1n) is 10.3. The summed E-state index contributed by atoms with van der Waals surface area (Å²) in [6, 6.07) is 12.5. The molecule has 0 fully saturated rings. The molecule has 1 aromatic carbocycles. The zero-order chi connectivity index (χ0) is 22.9. The average molecular weight is 504 g/mol. The van der Waals surface area contributed by atoms with Crippen molar-refractivity contribution in [3.05, 3.63) is 76.2 Å². The minimum absolute atomic E-state index is 0.0166. The number of aromatic nitrogens is 2. The highest BCUT2D eigenvalue weighted by atomic mass is 79.9. The van der Waals surface area contributed by atoms with Crippen LogP contribution in [0.4, 0.5) is 13.2 Å². The van der Waals surface area contributed by atoms with E-state index in [9.17, 15) is 18.0 Å².